The van der Waals surface area contributed by atoms with Gasteiger partial charge in [0, 0.05) is 18.1 Å². The van der Waals surface area contributed by atoms with E-state index in [-0.39, 0.29) is 47.7 Å². The molecule has 0 radical (unpaired) electrons. The van der Waals surface area contributed by atoms with Gasteiger partial charge in [0.25, 0.3) is 0 Å². The Kier molecular flexibility index (Phi) is 9.70. The normalized spacial score (nSPS) is 29.5. The quantitative estimate of drug-likeness (QED) is 0.196. The minimum absolute atomic E-state index is 0.123. The van der Waals surface area contributed by atoms with Crippen molar-refractivity contribution in [3.8, 4) is 34.5 Å². The molecular weight excluding hydrogens is 544 g/mol. The maximum absolute atomic E-state index is 11.0. The molecule has 0 aromatic heterocycles. The van der Waals surface area contributed by atoms with E-state index >= 15 is 0 Å². The number of hydrogen-bond donors (Lipinski definition) is 7. The number of phenols is 2. The van der Waals surface area contributed by atoms with E-state index in [2.05, 4.69) is 0 Å². The van der Waals surface area contributed by atoms with Gasteiger partial charge in [0.2, 0.25) is 11.5 Å². The molecule has 1 aliphatic carbocycles. The van der Waals surface area contributed by atoms with Gasteiger partial charge in [-0.2, -0.15) is 0 Å². The van der Waals surface area contributed by atoms with Gasteiger partial charge < -0.3 is 64.2 Å². The molecule has 13 heteroatoms. The van der Waals surface area contributed by atoms with Gasteiger partial charge in [0.05, 0.1) is 41.7 Å². The highest BCUT2D eigenvalue weighted by Gasteiger charge is 2.46. The molecule has 41 heavy (non-hydrogen) atoms. The van der Waals surface area contributed by atoms with Crippen LogP contribution in [0.5, 0.6) is 34.5 Å². The number of aromatic hydroxyl groups is 2. The van der Waals surface area contributed by atoms with Crippen molar-refractivity contribution < 1.29 is 64.2 Å². The van der Waals surface area contributed by atoms with Gasteiger partial charge in [-0.05, 0) is 47.6 Å². The molecule has 0 amide bonds. The van der Waals surface area contributed by atoms with Crippen molar-refractivity contribution in [3.63, 3.8) is 0 Å². The highest BCUT2D eigenvalue weighted by molar-refractivity contribution is 5.64. The summed E-state index contributed by atoms with van der Waals surface area (Å²) in [6.07, 6.45) is -7.02. The first kappa shape index (κ1) is 30.9. The largest absolute Gasteiger partial charge is 0.502 e. The molecule has 4 rings (SSSR count). The first-order valence-corrected chi connectivity index (χ1v) is 13.1. The lowest BCUT2D eigenvalue weighted by Gasteiger charge is -2.43. The fraction of sp³-hybridized carbons (Fsp3) is 0.571. The number of benzene rings is 2. The first-order valence-electron chi connectivity index (χ1n) is 13.1. The summed E-state index contributed by atoms with van der Waals surface area (Å²) in [5, 5.41) is 72.6. The molecule has 7 N–H and O–H groups in total. The predicted molar refractivity (Wildman–Crippen MR) is 142 cm³/mol. The fourth-order valence-electron chi connectivity index (χ4n) is 5.83. The highest BCUT2D eigenvalue weighted by atomic mass is 16.7. The molecule has 2 aliphatic rings. The van der Waals surface area contributed by atoms with Crippen LogP contribution in [0.25, 0.3) is 0 Å². The molecule has 1 saturated heterocycles. The van der Waals surface area contributed by atoms with Crippen molar-refractivity contribution in [2.75, 3.05) is 48.3 Å². The Morgan fingerprint density at radius 2 is 1.39 bits per heavy atom. The zero-order valence-corrected chi connectivity index (χ0v) is 23.3. The summed E-state index contributed by atoms with van der Waals surface area (Å²) in [6.45, 7) is -1.02. The van der Waals surface area contributed by atoms with Crippen molar-refractivity contribution in [1.82, 2.24) is 0 Å². The van der Waals surface area contributed by atoms with Gasteiger partial charge in [-0.1, -0.05) is 0 Å². The Balaban J connectivity index is 1.85. The lowest BCUT2D eigenvalue weighted by Crippen LogP contribution is -2.59. The average molecular weight is 583 g/mol. The van der Waals surface area contributed by atoms with Crippen molar-refractivity contribution in [3.05, 3.63) is 34.9 Å². The van der Waals surface area contributed by atoms with E-state index in [1.54, 1.807) is 18.2 Å². The van der Waals surface area contributed by atoms with E-state index in [9.17, 15) is 35.7 Å². The van der Waals surface area contributed by atoms with Crippen molar-refractivity contribution in [1.29, 1.82) is 0 Å². The molecule has 0 unspecified atom stereocenters. The summed E-state index contributed by atoms with van der Waals surface area (Å²) in [6, 6.07) is 4.88. The Morgan fingerprint density at radius 3 is 1.93 bits per heavy atom. The number of methoxy groups -OCH3 is 4. The maximum atomic E-state index is 11.0. The third kappa shape index (κ3) is 5.58. The van der Waals surface area contributed by atoms with Crippen molar-refractivity contribution in [2.45, 2.75) is 43.0 Å². The average Bonchev–Trinajstić information content (AvgIpc) is 2.98. The lowest BCUT2D eigenvalue weighted by atomic mass is 9.66. The highest BCUT2D eigenvalue weighted by Crippen LogP contribution is 2.54. The van der Waals surface area contributed by atoms with Crippen LogP contribution in [-0.4, -0.2) is 115 Å². The number of aliphatic hydroxyl groups excluding tert-OH is 5. The van der Waals surface area contributed by atoms with Crippen LogP contribution in [0.3, 0.4) is 0 Å². The minimum Gasteiger partial charge on any atom is -0.502 e. The molecule has 1 fully saturated rings. The summed E-state index contributed by atoms with van der Waals surface area (Å²) in [5.74, 6) is -1.51. The number of ether oxygens (including phenoxy) is 6. The number of aliphatic hydroxyl groups is 5. The van der Waals surface area contributed by atoms with Gasteiger partial charge in [-0.15, -0.1) is 0 Å². The topological polar surface area (TPSA) is 197 Å². The van der Waals surface area contributed by atoms with Gasteiger partial charge in [-0.3, -0.25) is 0 Å². The SMILES string of the molecule is COc1cc([C@@H]2c3c(cc(OC)c(O)c3OC)C[C@H](CO)[C@@H]2CO[C@H]2O[C@H](CO)[C@@H](O)[C@@H](O)[C@H]2O)cc(OC)c1O. The second-order valence-electron chi connectivity index (χ2n) is 10.1. The monoisotopic (exact) mass is 582 g/mol. The summed E-state index contributed by atoms with van der Waals surface area (Å²) >= 11 is 0. The third-order valence-electron chi connectivity index (χ3n) is 7.99. The van der Waals surface area contributed by atoms with E-state index in [1.165, 1.54) is 28.4 Å². The molecule has 0 bridgehead atoms. The van der Waals surface area contributed by atoms with Crippen LogP contribution in [0.2, 0.25) is 0 Å². The zero-order valence-electron chi connectivity index (χ0n) is 23.3. The predicted octanol–water partition coefficient (Wildman–Crippen LogP) is -0.139. The number of rotatable bonds is 10. The van der Waals surface area contributed by atoms with E-state index in [1.807, 2.05) is 0 Å². The molecule has 8 atom stereocenters. The van der Waals surface area contributed by atoms with Crippen LogP contribution in [0.4, 0.5) is 0 Å². The second-order valence-corrected chi connectivity index (χ2v) is 10.1. The molecule has 228 valence electrons. The zero-order chi connectivity index (χ0) is 30.0. The summed E-state index contributed by atoms with van der Waals surface area (Å²) in [4.78, 5) is 0. The smallest absolute Gasteiger partial charge is 0.201 e. The first-order chi connectivity index (χ1) is 19.6. The van der Waals surface area contributed by atoms with Gasteiger partial charge in [0.1, 0.15) is 24.4 Å². The number of phenolic OH excluding ortho intramolecular Hbond substituents is 2. The summed E-state index contributed by atoms with van der Waals surface area (Å²) in [7, 11) is 5.60. The summed E-state index contributed by atoms with van der Waals surface area (Å²) in [5.41, 5.74) is 1.88. The van der Waals surface area contributed by atoms with E-state index in [0.717, 1.165) is 5.56 Å². The Labute approximate surface area is 237 Å². The fourth-order valence-corrected chi connectivity index (χ4v) is 5.83. The Bertz CT molecular complexity index is 1180. The van der Waals surface area contributed by atoms with Crippen molar-refractivity contribution >= 4 is 0 Å². The van der Waals surface area contributed by atoms with Crippen LogP contribution < -0.4 is 18.9 Å². The van der Waals surface area contributed by atoms with Gasteiger partial charge in [0.15, 0.2) is 29.3 Å². The molecule has 0 spiro atoms. The molecular formula is C28H38O13. The molecule has 1 aliphatic heterocycles. The van der Waals surface area contributed by atoms with Gasteiger partial charge in [-0.25, -0.2) is 0 Å². The van der Waals surface area contributed by atoms with Crippen LogP contribution in [0.1, 0.15) is 22.6 Å². The number of hydrogen-bond acceptors (Lipinski definition) is 13. The minimum atomic E-state index is -1.63. The van der Waals surface area contributed by atoms with Crippen LogP contribution >= 0.6 is 0 Å². The molecule has 2 aromatic carbocycles. The Morgan fingerprint density at radius 1 is 0.780 bits per heavy atom. The van der Waals surface area contributed by atoms with Crippen LogP contribution in [0.15, 0.2) is 18.2 Å². The maximum Gasteiger partial charge on any atom is 0.201 e. The molecule has 2 aromatic rings. The van der Waals surface area contributed by atoms with E-state index in [0.29, 0.717) is 17.5 Å². The molecule has 13 nitrogen and oxygen atoms in total. The van der Waals surface area contributed by atoms with E-state index in [4.69, 9.17) is 28.4 Å². The standard InChI is InChI=1S/C28H38O13/c1-36-16-7-13(8-17(37-2)22(16)31)20-15(11-40-28-26(35)25(34)23(32)19(10-30)41-28)14(9-29)5-12-6-18(38-3)24(33)27(39-4)21(12)20/h6-8,14-15,19-20,23,25-26,28-35H,5,9-11H2,1-4H3/t14-,15+,19-,20+,23-,25-,26-,28+/m1/s1. The molecule has 1 heterocycles. The van der Waals surface area contributed by atoms with Crippen LogP contribution in [-0.2, 0) is 15.9 Å². The molecule has 0 saturated carbocycles. The van der Waals surface area contributed by atoms with Gasteiger partial charge >= 0.3 is 0 Å². The second kappa shape index (κ2) is 12.9. The Hall–Kier alpha value is -3.04. The number of fused-ring (bicyclic) bond motifs is 1. The third-order valence-corrected chi connectivity index (χ3v) is 7.99. The lowest BCUT2D eigenvalue weighted by molar-refractivity contribution is -0.304. The van der Waals surface area contributed by atoms with Crippen molar-refractivity contribution in [2.24, 2.45) is 11.8 Å². The van der Waals surface area contributed by atoms with Crippen LogP contribution in [0, 0.1) is 11.8 Å². The van der Waals surface area contributed by atoms with E-state index < -0.39 is 55.1 Å². The summed E-state index contributed by atoms with van der Waals surface area (Å²) < 4.78 is 33.3.